The van der Waals surface area contributed by atoms with E-state index in [1.807, 2.05) is 0 Å². The second-order valence-electron chi connectivity index (χ2n) is 6.58. The van der Waals surface area contributed by atoms with Gasteiger partial charge in [0.2, 0.25) is 0 Å². The van der Waals surface area contributed by atoms with Gasteiger partial charge in [-0.05, 0) is 30.5 Å². The number of imidazole rings is 1. The monoisotopic (exact) mass is 271 g/mol. The molecule has 2 aromatic rings. The maximum absolute atomic E-state index is 6.10. The Morgan fingerprint density at radius 3 is 2.60 bits per heavy atom. The van der Waals surface area contributed by atoms with Crippen molar-refractivity contribution in [2.45, 2.75) is 50.9 Å². The van der Waals surface area contributed by atoms with Crippen LogP contribution in [0.1, 0.15) is 56.8 Å². The highest BCUT2D eigenvalue weighted by Crippen LogP contribution is 2.41. The third kappa shape index (κ3) is 1.96. The van der Waals surface area contributed by atoms with E-state index in [0.29, 0.717) is 5.92 Å². The molecule has 3 rings (SSSR count). The van der Waals surface area contributed by atoms with Crippen LogP contribution in [-0.4, -0.2) is 16.1 Å². The SMILES string of the molecule is CC(C)c1nc2cc(C3(CN)CCCC3)ccc2n1C. The number of hydrogen-bond donors (Lipinski definition) is 1. The van der Waals surface area contributed by atoms with E-state index in [1.54, 1.807) is 0 Å². The van der Waals surface area contributed by atoms with Crippen LogP contribution in [0.4, 0.5) is 0 Å². The van der Waals surface area contributed by atoms with Gasteiger partial charge in [-0.15, -0.1) is 0 Å². The maximum Gasteiger partial charge on any atom is 0.112 e. The molecule has 1 heterocycles. The summed E-state index contributed by atoms with van der Waals surface area (Å²) in [6.45, 7) is 5.14. The normalized spacial score (nSPS) is 18.2. The number of nitrogens with zero attached hydrogens (tertiary/aromatic N) is 2. The fourth-order valence-corrected chi connectivity index (χ4v) is 3.73. The van der Waals surface area contributed by atoms with Crippen molar-refractivity contribution in [2.75, 3.05) is 6.54 Å². The quantitative estimate of drug-likeness (QED) is 0.929. The Morgan fingerprint density at radius 2 is 2.00 bits per heavy atom. The number of rotatable bonds is 3. The van der Waals surface area contributed by atoms with Gasteiger partial charge in [-0.1, -0.05) is 32.8 Å². The van der Waals surface area contributed by atoms with E-state index in [2.05, 4.69) is 43.7 Å². The molecule has 0 spiro atoms. The van der Waals surface area contributed by atoms with E-state index in [9.17, 15) is 0 Å². The Morgan fingerprint density at radius 1 is 1.30 bits per heavy atom. The molecule has 1 aromatic carbocycles. The summed E-state index contributed by atoms with van der Waals surface area (Å²) >= 11 is 0. The molecule has 0 radical (unpaired) electrons. The zero-order valence-corrected chi connectivity index (χ0v) is 12.8. The molecule has 3 heteroatoms. The Kier molecular flexibility index (Phi) is 3.33. The topological polar surface area (TPSA) is 43.8 Å². The van der Waals surface area contributed by atoms with Crippen molar-refractivity contribution in [3.05, 3.63) is 29.6 Å². The fourth-order valence-electron chi connectivity index (χ4n) is 3.73. The van der Waals surface area contributed by atoms with Gasteiger partial charge in [0, 0.05) is 24.9 Å². The summed E-state index contributed by atoms with van der Waals surface area (Å²) in [6.07, 6.45) is 5.04. The first-order valence-corrected chi connectivity index (χ1v) is 7.74. The third-order valence-corrected chi connectivity index (χ3v) is 5.00. The van der Waals surface area contributed by atoms with Crippen LogP contribution in [0.15, 0.2) is 18.2 Å². The summed E-state index contributed by atoms with van der Waals surface area (Å²) < 4.78 is 2.22. The second-order valence-corrected chi connectivity index (χ2v) is 6.58. The predicted molar refractivity (Wildman–Crippen MR) is 84.0 cm³/mol. The van der Waals surface area contributed by atoms with Crippen LogP contribution in [-0.2, 0) is 12.5 Å². The molecule has 0 saturated heterocycles. The van der Waals surface area contributed by atoms with Gasteiger partial charge >= 0.3 is 0 Å². The van der Waals surface area contributed by atoms with Gasteiger partial charge in [0.25, 0.3) is 0 Å². The summed E-state index contributed by atoms with van der Waals surface area (Å²) in [5.74, 6) is 1.61. The minimum absolute atomic E-state index is 0.198. The van der Waals surface area contributed by atoms with E-state index in [-0.39, 0.29) is 5.41 Å². The van der Waals surface area contributed by atoms with Crippen LogP contribution in [0.25, 0.3) is 11.0 Å². The molecular weight excluding hydrogens is 246 g/mol. The minimum atomic E-state index is 0.198. The zero-order chi connectivity index (χ0) is 14.3. The van der Waals surface area contributed by atoms with Gasteiger partial charge in [-0.25, -0.2) is 4.98 Å². The van der Waals surface area contributed by atoms with Gasteiger partial charge in [-0.3, -0.25) is 0 Å². The number of aryl methyl sites for hydroxylation is 1. The number of fused-ring (bicyclic) bond motifs is 1. The van der Waals surface area contributed by atoms with Crippen molar-refractivity contribution in [2.24, 2.45) is 12.8 Å². The third-order valence-electron chi connectivity index (χ3n) is 5.00. The molecule has 0 aliphatic heterocycles. The molecule has 2 N–H and O–H groups in total. The molecule has 0 atom stereocenters. The van der Waals surface area contributed by atoms with E-state index < -0.39 is 0 Å². The number of nitrogens with two attached hydrogens (primary N) is 1. The van der Waals surface area contributed by atoms with E-state index in [4.69, 9.17) is 10.7 Å². The molecule has 0 unspecified atom stereocenters. The van der Waals surface area contributed by atoms with Gasteiger partial charge in [0.15, 0.2) is 0 Å². The summed E-state index contributed by atoms with van der Waals surface area (Å²) in [6, 6.07) is 6.77. The van der Waals surface area contributed by atoms with Crippen molar-refractivity contribution in [3.63, 3.8) is 0 Å². The minimum Gasteiger partial charge on any atom is -0.331 e. The van der Waals surface area contributed by atoms with E-state index in [0.717, 1.165) is 17.9 Å². The van der Waals surface area contributed by atoms with Gasteiger partial charge in [0.05, 0.1) is 11.0 Å². The molecular formula is C17H25N3. The van der Waals surface area contributed by atoms with Gasteiger partial charge in [0.1, 0.15) is 5.82 Å². The molecule has 0 bridgehead atoms. The number of hydrogen-bond acceptors (Lipinski definition) is 2. The lowest BCUT2D eigenvalue weighted by molar-refractivity contribution is 0.453. The average molecular weight is 271 g/mol. The highest BCUT2D eigenvalue weighted by Gasteiger charge is 2.34. The van der Waals surface area contributed by atoms with Crippen molar-refractivity contribution in [1.82, 2.24) is 9.55 Å². The molecule has 1 aliphatic rings. The summed E-state index contributed by atoms with van der Waals surface area (Å²) in [4.78, 5) is 4.83. The van der Waals surface area contributed by atoms with Crippen LogP contribution < -0.4 is 5.73 Å². The molecule has 1 fully saturated rings. The molecule has 3 nitrogen and oxygen atoms in total. The molecule has 20 heavy (non-hydrogen) atoms. The number of aromatic nitrogens is 2. The molecule has 0 amide bonds. The van der Waals surface area contributed by atoms with Crippen LogP contribution in [0.3, 0.4) is 0 Å². The van der Waals surface area contributed by atoms with Gasteiger partial charge in [-0.2, -0.15) is 0 Å². The summed E-state index contributed by atoms with van der Waals surface area (Å²) in [5, 5.41) is 0. The lowest BCUT2D eigenvalue weighted by atomic mass is 9.79. The molecule has 1 aliphatic carbocycles. The highest BCUT2D eigenvalue weighted by atomic mass is 15.1. The van der Waals surface area contributed by atoms with Crippen LogP contribution in [0, 0.1) is 0 Å². The van der Waals surface area contributed by atoms with Crippen molar-refractivity contribution in [1.29, 1.82) is 0 Å². The lowest BCUT2D eigenvalue weighted by Gasteiger charge is -2.27. The van der Waals surface area contributed by atoms with Crippen LogP contribution >= 0.6 is 0 Å². The first-order chi connectivity index (χ1) is 9.57. The number of benzene rings is 1. The second kappa shape index (κ2) is 4.88. The van der Waals surface area contributed by atoms with Crippen LogP contribution in [0.5, 0.6) is 0 Å². The Balaban J connectivity index is 2.11. The zero-order valence-electron chi connectivity index (χ0n) is 12.8. The largest absolute Gasteiger partial charge is 0.331 e. The Hall–Kier alpha value is -1.35. The molecule has 1 saturated carbocycles. The summed E-state index contributed by atoms with van der Waals surface area (Å²) in [5.41, 5.74) is 10.0. The average Bonchev–Trinajstić information content (AvgIpc) is 3.04. The van der Waals surface area contributed by atoms with E-state index >= 15 is 0 Å². The predicted octanol–water partition coefficient (Wildman–Crippen LogP) is 3.47. The lowest BCUT2D eigenvalue weighted by Crippen LogP contribution is -2.31. The first-order valence-electron chi connectivity index (χ1n) is 7.74. The first kappa shape index (κ1) is 13.6. The maximum atomic E-state index is 6.10. The summed E-state index contributed by atoms with van der Waals surface area (Å²) in [7, 11) is 2.11. The fraction of sp³-hybridized carbons (Fsp3) is 0.588. The Bertz CT molecular complexity index is 618. The smallest absolute Gasteiger partial charge is 0.112 e. The van der Waals surface area contributed by atoms with Crippen molar-refractivity contribution in [3.8, 4) is 0 Å². The standard InChI is InChI=1S/C17H25N3/c1-12(2)16-19-14-10-13(6-7-15(14)20(16)3)17(11-18)8-4-5-9-17/h6-7,10,12H,4-5,8-9,11,18H2,1-3H3. The van der Waals surface area contributed by atoms with Crippen LogP contribution in [0.2, 0.25) is 0 Å². The van der Waals surface area contributed by atoms with Crippen molar-refractivity contribution >= 4 is 11.0 Å². The highest BCUT2D eigenvalue weighted by molar-refractivity contribution is 5.77. The van der Waals surface area contributed by atoms with E-state index in [1.165, 1.54) is 36.8 Å². The molecule has 108 valence electrons. The van der Waals surface area contributed by atoms with Crippen molar-refractivity contribution < 1.29 is 0 Å². The Labute approximate surface area is 121 Å². The van der Waals surface area contributed by atoms with Gasteiger partial charge < -0.3 is 10.3 Å². The molecule has 1 aromatic heterocycles.